The third-order valence-corrected chi connectivity index (χ3v) is 3.37. The van der Waals surface area contributed by atoms with Crippen LogP contribution in [0.3, 0.4) is 0 Å². The highest BCUT2D eigenvalue weighted by Crippen LogP contribution is 2.27. The van der Waals surface area contributed by atoms with Crippen LogP contribution in [0, 0.1) is 0 Å². The molecule has 6 heteroatoms. The van der Waals surface area contributed by atoms with Crippen LogP contribution in [0.1, 0.15) is 19.4 Å². The highest BCUT2D eigenvalue weighted by molar-refractivity contribution is 6.14. The second kappa shape index (κ2) is 6.30. The number of ether oxygens (including phenoxy) is 1. The van der Waals surface area contributed by atoms with E-state index < -0.39 is 11.9 Å². The van der Waals surface area contributed by atoms with E-state index in [-0.39, 0.29) is 5.70 Å². The van der Waals surface area contributed by atoms with Crippen LogP contribution < -0.4 is 20.3 Å². The topological polar surface area (TPSA) is 70.7 Å². The van der Waals surface area contributed by atoms with Crippen LogP contribution in [0.15, 0.2) is 23.9 Å². The molecule has 2 rings (SSSR count). The van der Waals surface area contributed by atoms with E-state index in [0.717, 1.165) is 24.3 Å². The Morgan fingerprint density at radius 2 is 1.90 bits per heavy atom. The van der Waals surface area contributed by atoms with Crippen LogP contribution in [0.4, 0.5) is 10.5 Å². The molecule has 1 fully saturated rings. The lowest BCUT2D eigenvalue weighted by atomic mass is 10.1. The van der Waals surface area contributed by atoms with Crippen molar-refractivity contribution in [3.63, 3.8) is 0 Å². The van der Waals surface area contributed by atoms with Crippen molar-refractivity contribution < 1.29 is 14.3 Å². The molecule has 112 valence electrons. The highest BCUT2D eigenvalue weighted by atomic mass is 16.5. The lowest BCUT2D eigenvalue weighted by molar-refractivity contribution is -0.115. The van der Waals surface area contributed by atoms with Gasteiger partial charge in [0, 0.05) is 30.4 Å². The molecular formula is C15H19N3O3. The summed E-state index contributed by atoms with van der Waals surface area (Å²) in [6.07, 6.45) is 1.60. The monoisotopic (exact) mass is 289 g/mol. The average Bonchev–Trinajstić information content (AvgIpc) is 2.79. The normalized spacial score (nSPS) is 15.9. The van der Waals surface area contributed by atoms with Gasteiger partial charge in [0.15, 0.2) is 0 Å². The van der Waals surface area contributed by atoms with Gasteiger partial charge < -0.3 is 15.0 Å². The summed E-state index contributed by atoms with van der Waals surface area (Å²) in [7, 11) is 1.58. The molecule has 0 atom stereocenters. The van der Waals surface area contributed by atoms with Gasteiger partial charge in [-0.1, -0.05) is 0 Å². The summed E-state index contributed by atoms with van der Waals surface area (Å²) in [5, 5.41) is 4.62. The Balaban J connectivity index is 2.35. The first-order valence-corrected chi connectivity index (χ1v) is 6.86. The predicted octanol–water partition coefficient (Wildman–Crippen LogP) is 1.72. The zero-order chi connectivity index (χ0) is 15.4. The Bertz CT molecular complexity index is 592. The molecule has 6 nitrogen and oxygen atoms in total. The summed E-state index contributed by atoms with van der Waals surface area (Å²) in [5.74, 6) is 0.218. The molecule has 1 aromatic rings. The number of urea groups is 1. The first-order valence-electron chi connectivity index (χ1n) is 6.86. The standard InChI is InChI=1S/C15H19N3O3/c1-4-18(5-2)11-7-6-10(13(9-11)21-3)8-12-14(19)17-15(20)16-12/h6-9H,4-5H2,1-3H3,(H2,16,17,19,20)/b12-8-. The number of hydrogen-bond donors (Lipinski definition) is 2. The summed E-state index contributed by atoms with van der Waals surface area (Å²) >= 11 is 0. The number of amides is 3. The SMILES string of the molecule is CCN(CC)c1ccc(/C=C2\NC(=O)NC2=O)c(OC)c1. The molecule has 3 amide bonds. The molecule has 0 aliphatic carbocycles. The molecule has 1 saturated heterocycles. The smallest absolute Gasteiger partial charge is 0.326 e. The van der Waals surface area contributed by atoms with Gasteiger partial charge in [-0.25, -0.2) is 4.79 Å². The van der Waals surface area contributed by atoms with Gasteiger partial charge in [0.05, 0.1) is 7.11 Å². The highest BCUT2D eigenvalue weighted by Gasteiger charge is 2.23. The van der Waals surface area contributed by atoms with E-state index in [9.17, 15) is 9.59 Å². The third-order valence-electron chi connectivity index (χ3n) is 3.37. The second-order valence-corrected chi connectivity index (χ2v) is 4.56. The van der Waals surface area contributed by atoms with Crippen LogP contribution in [-0.2, 0) is 4.79 Å². The van der Waals surface area contributed by atoms with E-state index in [4.69, 9.17) is 4.74 Å². The van der Waals surface area contributed by atoms with Gasteiger partial charge in [0.1, 0.15) is 11.4 Å². The van der Waals surface area contributed by atoms with E-state index in [1.54, 1.807) is 13.2 Å². The largest absolute Gasteiger partial charge is 0.496 e. The number of rotatable bonds is 5. The Kier molecular flexibility index (Phi) is 4.47. The lowest BCUT2D eigenvalue weighted by Gasteiger charge is -2.22. The fraction of sp³-hybridized carbons (Fsp3) is 0.333. The lowest BCUT2D eigenvalue weighted by Crippen LogP contribution is -2.22. The Labute approximate surface area is 123 Å². The number of imide groups is 1. The molecule has 1 heterocycles. The van der Waals surface area contributed by atoms with Crippen molar-refractivity contribution in [1.29, 1.82) is 0 Å². The van der Waals surface area contributed by atoms with Gasteiger partial charge in [-0.05, 0) is 32.1 Å². The minimum Gasteiger partial charge on any atom is -0.496 e. The molecular weight excluding hydrogens is 270 g/mol. The number of carbonyl (C=O) groups is 2. The molecule has 0 spiro atoms. The molecule has 0 aromatic heterocycles. The van der Waals surface area contributed by atoms with Gasteiger partial charge in [-0.2, -0.15) is 0 Å². The van der Waals surface area contributed by atoms with Crippen molar-refractivity contribution >= 4 is 23.7 Å². The summed E-state index contributed by atoms with van der Waals surface area (Å²) < 4.78 is 5.38. The number of hydrogen-bond acceptors (Lipinski definition) is 4. The summed E-state index contributed by atoms with van der Waals surface area (Å²) in [4.78, 5) is 24.9. The minimum atomic E-state index is -0.509. The molecule has 0 bridgehead atoms. The zero-order valence-corrected chi connectivity index (χ0v) is 12.4. The molecule has 1 aliphatic rings. The van der Waals surface area contributed by atoms with Crippen LogP contribution >= 0.6 is 0 Å². The average molecular weight is 289 g/mol. The maximum atomic E-state index is 11.5. The van der Waals surface area contributed by atoms with E-state index in [1.807, 2.05) is 18.2 Å². The number of benzene rings is 1. The molecule has 2 N–H and O–H groups in total. The number of carbonyl (C=O) groups excluding carboxylic acids is 2. The van der Waals surface area contributed by atoms with Crippen LogP contribution in [-0.4, -0.2) is 32.1 Å². The fourth-order valence-corrected chi connectivity index (χ4v) is 2.24. The molecule has 21 heavy (non-hydrogen) atoms. The van der Waals surface area contributed by atoms with E-state index >= 15 is 0 Å². The van der Waals surface area contributed by atoms with Gasteiger partial charge in [0.25, 0.3) is 5.91 Å². The van der Waals surface area contributed by atoms with E-state index in [0.29, 0.717) is 5.75 Å². The van der Waals surface area contributed by atoms with Crippen molar-refractivity contribution in [2.75, 3.05) is 25.1 Å². The second-order valence-electron chi connectivity index (χ2n) is 4.56. The van der Waals surface area contributed by atoms with Gasteiger partial charge in [-0.15, -0.1) is 0 Å². The zero-order valence-electron chi connectivity index (χ0n) is 12.4. The van der Waals surface area contributed by atoms with Crippen molar-refractivity contribution in [2.45, 2.75) is 13.8 Å². The summed E-state index contributed by atoms with van der Waals surface area (Å²) in [6, 6.07) is 5.26. The number of nitrogens with zero attached hydrogens (tertiary/aromatic N) is 1. The van der Waals surface area contributed by atoms with Crippen LogP contribution in [0.2, 0.25) is 0 Å². The summed E-state index contributed by atoms with van der Waals surface area (Å²) in [5.41, 5.74) is 2.01. The van der Waals surface area contributed by atoms with E-state index in [1.165, 1.54) is 0 Å². The maximum absolute atomic E-state index is 11.5. The number of methoxy groups -OCH3 is 1. The molecule has 0 radical (unpaired) electrons. The molecule has 0 unspecified atom stereocenters. The summed E-state index contributed by atoms with van der Waals surface area (Å²) in [6.45, 7) is 5.98. The van der Waals surface area contributed by atoms with Gasteiger partial charge in [-0.3, -0.25) is 10.1 Å². The van der Waals surface area contributed by atoms with Gasteiger partial charge in [0.2, 0.25) is 0 Å². The number of nitrogens with one attached hydrogen (secondary N) is 2. The van der Waals surface area contributed by atoms with Crippen molar-refractivity contribution in [2.24, 2.45) is 0 Å². The Morgan fingerprint density at radius 1 is 1.19 bits per heavy atom. The molecule has 1 aliphatic heterocycles. The molecule has 0 saturated carbocycles. The molecule has 1 aromatic carbocycles. The maximum Gasteiger partial charge on any atom is 0.326 e. The quantitative estimate of drug-likeness (QED) is 0.639. The Hall–Kier alpha value is -2.50. The van der Waals surface area contributed by atoms with Crippen molar-refractivity contribution in [1.82, 2.24) is 10.6 Å². The third kappa shape index (κ3) is 3.16. The van der Waals surface area contributed by atoms with Crippen LogP contribution in [0.5, 0.6) is 5.75 Å². The first kappa shape index (κ1) is 14.9. The van der Waals surface area contributed by atoms with Crippen molar-refractivity contribution in [3.05, 3.63) is 29.5 Å². The minimum absolute atomic E-state index is 0.217. The first-order chi connectivity index (χ1) is 10.1. The predicted molar refractivity (Wildman–Crippen MR) is 81.2 cm³/mol. The fourth-order valence-electron chi connectivity index (χ4n) is 2.24. The van der Waals surface area contributed by atoms with Crippen molar-refractivity contribution in [3.8, 4) is 5.75 Å². The van der Waals surface area contributed by atoms with Crippen LogP contribution in [0.25, 0.3) is 6.08 Å². The Morgan fingerprint density at radius 3 is 2.43 bits per heavy atom. The van der Waals surface area contributed by atoms with E-state index in [2.05, 4.69) is 29.4 Å². The van der Waals surface area contributed by atoms with Gasteiger partial charge >= 0.3 is 6.03 Å². The number of anilines is 1.